The summed E-state index contributed by atoms with van der Waals surface area (Å²) in [6, 6.07) is 5.75. The van der Waals surface area contributed by atoms with Crippen LogP contribution in [0.1, 0.15) is 11.6 Å². The van der Waals surface area contributed by atoms with E-state index in [1.165, 1.54) is 0 Å². The first-order valence-corrected chi connectivity index (χ1v) is 5.23. The van der Waals surface area contributed by atoms with Crippen molar-refractivity contribution in [2.45, 2.75) is 12.1 Å². The van der Waals surface area contributed by atoms with Crippen molar-refractivity contribution in [1.82, 2.24) is 0 Å². The average Bonchev–Trinajstić information content (AvgIpc) is 2.20. The van der Waals surface area contributed by atoms with Crippen LogP contribution in [-0.4, -0.2) is 19.8 Å². The molecule has 0 bridgehead atoms. The van der Waals surface area contributed by atoms with Crippen molar-refractivity contribution in [2.24, 2.45) is 5.73 Å². The quantitative estimate of drug-likeness (QED) is 0.836. The standard InChI is InChI=1S/C10H12BrNO2/c1-13-8-5-14-10-6(9(8)12)3-2-4-7(10)11/h2-4,8-9H,5,12H2,1H3. The number of benzene rings is 1. The number of hydrogen-bond acceptors (Lipinski definition) is 3. The fraction of sp³-hybridized carbons (Fsp3) is 0.400. The molecule has 4 heteroatoms. The van der Waals surface area contributed by atoms with Crippen LogP contribution in [0.25, 0.3) is 0 Å². The van der Waals surface area contributed by atoms with E-state index in [0.29, 0.717) is 6.61 Å². The molecule has 3 nitrogen and oxygen atoms in total. The molecule has 2 atom stereocenters. The van der Waals surface area contributed by atoms with Gasteiger partial charge in [-0.2, -0.15) is 0 Å². The van der Waals surface area contributed by atoms with Gasteiger partial charge in [0, 0.05) is 12.7 Å². The summed E-state index contributed by atoms with van der Waals surface area (Å²) in [4.78, 5) is 0. The van der Waals surface area contributed by atoms with Crippen molar-refractivity contribution in [1.29, 1.82) is 0 Å². The van der Waals surface area contributed by atoms with E-state index in [2.05, 4.69) is 15.9 Å². The molecule has 0 aliphatic carbocycles. The molecule has 0 fully saturated rings. The molecule has 0 spiro atoms. The minimum absolute atomic E-state index is 0.0585. The predicted molar refractivity (Wildman–Crippen MR) is 57.4 cm³/mol. The summed E-state index contributed by atoms with van der Waals surface area (Å²) in [6.07, 6.45) is -0.0585. The number of ether oxygens (including phenoxy) is 2. The Hall–Kier alpha value is -0.580. The smallest absolute Gasteiger partial charge is 0.138 e. The van der Waals surface area contributed by atoms with Crippen LogP contribution in [0.2, 0.25) is 0 Å². The number of para-hydroxylation sites is 1. The van der Waals surface area contributed by atoms with E-state index in [4.69, 9.17) is 15.2 Å². The van der Waals surface area contributed by atoms with Crippen LogP contribution in [-0.2, 0) is 4.74 Å². The monoisotopic (exact) mass is 257 g/mol. The summed E-state index contributed by atoms with van der Waals surface area (Å²) in [5.74, 6) is 0.841. The van der Waals surface area contributed by atoms with Gasteiger partial charge < -0.3 is 15.2 Å². The fourth-order valence-corrected chi connectivity index (χ4v) is 2.12. The second-order valence-electron chi connectivity index (χ2n) is 3.27. The molecule has 0 aromatic heterocycles. The maximum atomic E-state index is 6.04. The predicted octanol–water partition coefficient (Wildman–Crippen LogP) is 1.86. The second kappa shape index (κ2) is 3.88. The highest BCUT2D eigenvalue weighted by molar-refractivity contribution is 9.10. The van der Waals surface area contributed by atoms with Crippen molar-refractivity contribution < 1.29 is 9.47 Å². The molecule has 0 saturated carbocycles. The number of nitrogens with two attached hydrogens (primary N) is 1. The Kier molecular flexibility index (Phi) is 2.76. The molecule has 2 N–H and O–H groups in total. The second-order valence-corrected chi connectivity index (χ2v) is 4.12. The Labute approximate surface area is 91.3 Å². The molecule has 0 amide bonds. The van der Waals surface area contributed by atoms with Gasteiger partial charge in [0.1, 0.15) is 18.5 Å². The highest BCUT2D eigenvalue weighted by Crippen LogP contribution is 2.37. The van der Waals surface area contributed by atoms with E-state index in [1.54, 1.807) is 7.11 Å². The molecular formula is C10H12BrNO2. The van der Waals surface area contributed by atoms with Crippen molar-refractivity contribution in [2.75, 3.05) is 13.7 Å². The Bertz CT molecular complexity index is 343. The van der Waals surface area contributed by atoms with Gasteiger partial charge in [-0.15, -0.1) is 0 Å². The van der Waals surface area contributed by atoms with E-state index in [9.17, 15) is 0 Å². The Morgan fingerprint density at radius 2 is 2.36 bits per heavy atom. The summed E-state index contributed by atoms with van der Waals surface area (Å²) in [5, 5.41) is 0. The van der Waals surface area contributed by atoms with Gasteiger partial charge in [-0.1, -0.05) is 12.1 Å². The Balaban J connectivity index is 2.41. The van der Waals surface area contributed by atoms with E-state index >= 15 is 0 Å². The zero-order chi connectivity index (χ0) is 10.1. The maximum Gasteiger partial charge on any atom is 0.138 e. The Morgan fingerprint density at radius 3 is 3.07 bits per heavy atom. The van der Waals surface area contributed by atoms with Gasteiger partial charge in [0.05, 0.1) is 10.5 Å². The van der Waals surface area contributed by atoms with E-state index in [0.717, 1.165) is 15.8 Å². The molecule has 1 aliphatic rings. The molecule has 1 aromatic rings. The van der Waals surface area contributed by atoms with Crippen LogP contribution < -0.4 is 10.5 Å². The fourth-order valence-electron chi connectivity index (χ4n) is 1.62. The maximum absolute atomic E-state index is 6.04. The first kappa shape index (κ1) is 9.96. The molecular weight excluding hydrogens is 246 g/mol. The SMILES string of the molecule is COC1COc2c(Br)cccc2C1N. The van der Waals surface area contributed by atoms with E-state index < -0.39 is 0 Å². The first-order chi connectivity index (χ1) is 6.74. The first-order valence-electron chi connectivity index (χ1n) is 4.43. The van der Waals surface area contributed by atoms with E-state index in [1.807, 2.05) is 18.2 Å². The highest BCUT2D eigenvalue weighted by Gasteiger charge is 2.28. The zero-order valence-electron chi connectivity index (χ0n) is 7.87. The molecule has 14 heavy (non-hydrogen) atoms. The van der Waals surface area contributed by atoms with Gasteiger partial charge in [-0.05, 0) is 22.0 Å². The van der Waals surface area contributed by atoms with Gasteiger partial charge in [-0.3, -0.25) is 0 Å². The lowest BCUT2D eigenvalue weighted by Gasteiger charge is -2.30. The highest BCUT2D eigenvalue weighted by atomic mass is 79.9. The number of hydrogen-bond donors (Lipinski definition) is 1. The lowest BCUT2D eigenvalue weighted by atomic mass is 9.99. The van der Waals surface area contributed by atoms with Crippen molar-refractivity contribution in [3.8, 4) is 5.75 Å². The van der Waals surface area contributed by atoms with Crippen LogP contribution in [0.5, 0.6) is 5.75 Å². The third-order valence-electron chi connectivity index (χ3n) is 2.45. The number of fused-ring (bicyclic) bond motifs is 1. The molecule has 2 unspecified atom stereocenters. The van der Waals surface area contributed by atoms with Gasteiger partial charge >= 0.3 is 0 Å². The number of halogens is 1. The number of methoxy groups -OCH3 is 1. The topological polar surface area (TPSA) is 44.5 Å². The van der Waals surface area contributed by atoms with Gasteiger partial charge in [0.2, 0.25) is 0 Å². The normalized spacial score (nSPS) is 25.4. The summed E-state index contributed by atoms with van der Waals surface area (Å²) >= 11 is 3.43. The lowest BCUT2D eigenvalue weighted by molar-refractivity contribution is 0.0256. The van der Waals surface area contributed by atoms with Crippen molar-refractivity contribution in [3.63, 3.8) is 0 Å². The van der Waals surface area contributed by atoms with E-state index in [-0.39, 0.29) is 12.1 Å². The van der Waals surface area contributed by atoms with Gasteiger partial charge in [-0.25, -0.2) is 0 Å². The van der Waals surface area contributed by atoms with Crippen molar-refractivity contribution in [3.05, 3.63) is 28.2 Å². The molecule has 1 heterocycles. The molecule has 1 aromatic carbocycles. The minimum Gasteiger partial charge on any atom is -0.489 e. The third kappa shape index (κ3) is 1.54. The van der Waals surface area contributed by atoms with Crippen LogP contribution in [0.4, 0.5) is 0 Å². The molecule has 0 radical (unpaired) electrons. The summed E-state index contributed by atoms with van der Waals surface area (Å²) in [7, 11) is 1.65. The van der Waals surface area contributed by atoms with Crippen LogP contribution in [0.15, 0.2) is 22.7 Å². The molecule has 2 rings (SSSR count). The molecule has 1 aliphatic heterocycles. The van der Waals surface area contributed by atoms with Crippen LogP contribution >= 0.6 is 15.9 Å². The number of rotatable bonds is 1. The van der Waals surface area contributed by atoms with Gasteiger partial charge in [0.25, 0.3) is 0 Å². The zero-order valence-corrected chi connectivity index (χ0v) is 9.45. The summed E-state index contributed by atoms with van der Waals surface area (Å²) in [6.45, 7) is 0.507. The summed E-state index contributed by atoms with van der Waals surface area (Å²) in [5.41, 5.74) is 7.04. The minimum atomic E-state index is -0.110. The largest absolute Gasteiger partial charge is 0.489 e. The summed E-state index contributed by atoms with van der Waals surface area (Å²) < 4.78 is 11.8. The van der Waals surface area contributed by atoms with Crippen LogP contribution in [0.3, 0.4) is 0 Å². The third-order valence-corrected chi connectivity index (χ3v) is 3.08. The van der Waals surface area contributed by atoms with Gasteiger partial charge in [0.15, 0.2) is 0 Å². The molecule has 76 valence electrons. The van der Waals surface area contributed by atoms with Crippen LogP contribution in [0, 0.1) is 0 Å². The average molecular weight is 258 g/mol. The molecule has 0 saturated heterocycles. The van der Waals surface area contributed by atoms with Crippen molar-refractivity contribution >= 4 is 15.9 Å². The Morgan fingerprint density at radius 1 is 1.57 bits per heavy atom. The lowest BCUT2D eigenvalue weighted by Crippen LogP contribution is -2.37.